The number of anilines is 2. The van der Waals surface area contributed by atoms with E-state index in [0.717, 1.165) is 75.6 Å². The molecule has 304 valence electrons. The van der Waals surface area contributed by atoms with Crippen molar-refractivity contribution >= 4 is 45.9 Å². The summed E-state index contributed by atoms with van der Waals surface area (Å²) in [6.45, 7) is 7.20. The van der Waals surface area contributed by atoms with E-state index < -0.39 is 6.04 Å². The van der Waals surface area contributed by atoms with Crippen LogP contribution in [0.15, 0.2) is 71.7 Å². The Kier molecular flexibility index (Phi) is 10.3. The lowest BCUT2D eigenvalue weighted by Crippen LogP contribution is -2.52. The van der Waals surface area contributed by atoms with Gasteiger partial charge in [-0.15, -0.1) is 0 Å². The van der Waals surface area contributed by atoms with E-state index in [1.54, 1.807) is 34.8 Å². The lowest BCUT2D eigenvalue weighted by molar-refractivity contribution is -0.136. The van der Waals surface area contributed by atoms with Gasteiger partial charge in [0, 0.05) is 119 Å². The molecule has 1 aliphatic carbocycles. The van der Waals surface area contributed by atoms with Gasteiger partial charge < -0.3 is 29.3 Å². The van der Waals surface area contributed by atoms with E-state index >= 15 is 0 Å². The Labute approximate surface area is 342 Å². The molecule has 4 fully saturated rings. The zero-order valence-corrected chi connectivity index (χ0v) is 33.2. The van der Waals surface area contributed by atoms with Gasteiger partial charge in [-0.2, -0.15) is 5.26 Å². The van der Waals surface area contributed by atoms with Crippen LogP contribution >= 0.6 is 0 Å². The number of hydrogen-bond donors (Lipinski definition) is 2. The second kappa shape index (κ2) is 15.9. The fourth-order valence-electron chi connectivity index (χ4n) is 9.44. The number of benzene rings is 3. The number of hydrogen-bond acceptors (Lipinski definition) is 10. The van der Waals surface area contributed by atoms with Crippen LogP contribution < -0.4 is 30.6 Å². The molecular weight excluding hydrogens is 749 g/mol. The summed E-state index contributed by atoms with van der Waals surface area (Å²) in [5.41, 5.74) is 5.21. The zero-order chi connectivity index (χ0) is 40.8. The third kappa shape index (κ3) is 7.62. The summed E-state index contributed by atoms with van der Waals surface area (Å²) in [4.78, 5) is 72.0. The fourth-order valence-corrected chi connectivity index (χ4v) is 9.44. The first-order valence-electron chi connectivity index (χ1n) is 20.7. The maximum Gasteiger partial charge on any atom is 0.255 e. The first kappa shape index (κ1) is 38.3. The SMILES string of the molecule is Cn1ccc(=O)c2c(OC3CC(NC(=O)c4ccc(N5CCC(CN6CCN(c7ccc8c(c7)CN([C@H]7CCC(=O)NC7=O)C8=O)CC6)CC5)cc4)C3)ccc(C#N)c21. The Balaban J connectivity index is 0.703. The molecule has 59 heavy (non-hydrogen) atoms. The van der Waals surface area contributed by atoms with Crippen LogP contribution in [0, 0.1) is 17.2 Å². The summed E-state index contributed by atoms with van der Waals surface area (Å²) in [6, 6.07) is 20.3. The molecule has 9 rings (SSSR count). The van der Waals surface area contributed by atoms with E-state index in [4.69, 9.17) is 4.74 Å². The van der Waals surface area contributed by atoms with Gasteiger partial charge in [0.1, 0.15) is 24.0 Å². The van der Waals surface area contributed by atoms with Crippen molar-refractivity contribution in [3.05, 3.63) is 99.3 Å². The number of carbonyl (C=O) groups excluding carboxylic acids is 4. The second-order valence-electron chi connectivity index (χ2n) is 16.6. The highest BCUT2D eigenvalue weighted by molar-refractivity contribution is 6.05. The smallest absolute Gasteiger partial charge is 0.255 e. The molecule has 3 aromatic carbocycles. The lowest BCUT2D eigenvalue weighted by Gasteiger charge is -2.40. The molecule has 14 heteroatoms. The van der Waals surface area contributed by atoms with Crippen molar-refractivity contribution in [1.82, 2.24) is 25.0 Å². The van der Waals surface area contributed by atoms with Gasteiger partial charge in [0.05, 0.1) is 16.5 Å². The molecule has 1 aromatic heterocycles. The van der Waals surface area contributed by atoms with Gasteiger partial charge >= 0.3 is 0 Å². The summed E-state index contributed by atoms with van der Waals surface area (Å²) in [6.07, 6.45) is 5.62. The largest absolute Gasteiger partial charge is 0.489 e. The monoisotopic (exact) mass is 796 g/mol. The van der Waals surface area contributed by atoms with Crippen LogP contribution in [0.2, 0.25) is 0 Å². The van der Waals surface area contributed by atoms with Gasteiger partial charge in [-0.1, -0.05) is 0 Å². The number of piperazine rings is 1. The molecule has 0 unspecified atom stereocenters. The van der Waals surface area contributed by atoms with E-state index in [-0.39, 0.29) is 47.6 Å². The number of pyridine rings is 1. The molecule has 2 N–H and O–H groups in total. The Morgan fingerprint density at radius 3 is 2.34 bits per heavy atom. The first-order chi connectivity index (χ1) is 28.6. The Morgan fingerprint density at radius 1 is 0.881 bits per heavy atom. The Morgan fingerprint density at radius 2 is 1.61 bits per heavy atom. The second-order valence-corrected chi connectivity index (χ2v) is 16.6. The summed E-state index contributed by atoms with van der Waals surface area (Å²) in [7, 11) is 1.80. The van der Waals surface area contributed by atoms with Crippen LogP contribution in [0.1, 0.15) is 70.4 Å². The van der Waals surface area contributed by atoms with Crippen molar-refractivity contribution < 1.29 is 23.9 Å². The number of aryl methyl sites for hydroxylation is 1. The molecule has 4 aliphatic heterocycles. The molecule has 5 aliphatic rings. The number of carbonyl (C=O) groups is 4. The number of rotatable bonds is 9. The van der Waals surface area contributed by atoms with Crippen molar-refractivity contribution in [2.45, 2.75) is 63.3 Å². The third-order valence-corrected chi connectivity index (χ3v) is 12.9. The average molecular weight is 797 g/mol. The van der Waals surface area contributed by atoms with Crippen LogP contribution in [0.4, 0.5) is 11.4 Å². The molecule has 1 saturated carbocycles. The van der Waals surface area contributed by atoms with Gasteiger partial charge in [0.15, 0.2) is 5.43 Å². The van der Waals surface area contributed by atoms with Gasteiger partial charge in [0.2, 0.25) is 11.8 Å². The van der Waals surface area contributed by atoms with E-state index in [9.17, 15) is 29.2 Å². The van der Waals surface area contributed by atoms with Crippen LogP contribution in [0.3, 0.4) is 0 Å². The number of aromatic nitrogens is 1. The number of fused-ring (bicyclic) bond motifs is 2. The molecule has 0 spiro atoms. The fraction of sp³-hybridized carbons (Fsp3) is 0.422. The highest BCUT2D eigenvalue weighted by Crippen LogP contribution is 2.33. The molecule has 4 amide bonds. The molecule has 14 nitrogen and oxygen atoms in total. The lowest BCUT2D eigenvalue weighted by atomic mass is 9.88. The predicted octanol–water partition coefficient (Wildman–Crippen LogP) is 3.55. The number of piperidine rings is 2. The summed E-state index contributed by atoms with van der Waals surface area (Å²) >= 11 is 0. The van der Waals surface area contributed by atoms with E-state index in [1.807, 2.05) is 36.4 Å². The quantitative estimate of drug-likeness (QED) is 0.240. The molecule has 1 atom stereocenters. The van der Waals surface area contributed by atoms with Crippen LogP contribution in [0.25, 0.3) is 10.9 Å². The summed E-state index contributed by atoms with van der Waals surface area (Å²) in [5, 5.41) is 15.5. The van der Waals surface area contributed by atoms with Crippen LogP contribution in [0.5, 0.6) is 5.75 Å². The number of ether oxygens (including phenoxy) is 1. The van der Waals surface area contributed by atoms with Crippen LogP contribution in [-0.2, 0) is 23.2 Å². The third-order valence-electron chi connectivity index (χ3n) is 12.9. The van der Waals surface area contributed by atoms with Crippen molar-refractivity contribution in [2.75, 3.05) is 55.6 Å². The molecule has 4 aromatic rings. The molecule has 0 bridgehead atoms. The Hall–Kier alpha value is -6.20. The number of nitrogens with one attached hydrogen (secondary N) is 2. The average Bonchev–Trinajstić information content (AvgIpc) is 3.56. The van der Waals surface area contributed by atoms with E-state index in [1.165, 1.54) is 6.07 Å². The molecule has 5 heterocycles. The van der Waals surface area contributed by atoms with Crippen molar-refractivity contribution in [3.63, 3.8) is 0 Å². The topological polar surface area (TPSA) is 160 Å². The zero-order valence-electron chi connectivity index (χ0n) is 33.2. The molecule has 0 radical (unpaired) electrons. The van der Waals surface area contributed by atoms with Gasteiger partial charge in [-0.3, -0.25) is 34.2 Å². The van der Waals surface area contributed by atoms with Crippen molar-refractivity contribution in [1.29, 1.82) is 5.26 Å². The van der Waals surface area contributed by atoms with E-state index in [2.05, 4.69) is 37.5 Å². The number of amides is 4. The van der Waals surface area contributed by atoms with Gasteiger partial charge in [0.25, 0.3) is 11.8 Å². The minimum absolute atomic E-state index is 0.0208. The minimum atomic E-state index is -0.605. The molecule has 3 saturated heterocycles. The summed E-state index contributed by atoms with van der Waals surface area (Å²) < 4.78 is 7.96. The highest BCUT2D eigenvalue weighted by Gasteiger charge is 2.39. The molecular formula is C45H48N8O6. The van der Waals surface area contributed by atoms with E-state index in [0.29, 0.717) is 65.1 Å². The van der Waals surface area contributed by atoms with Crippen LogP contribution in [-0.4, -0.2) is 102 Å². The predicted molar refractivity (Wildman–Crippen MR) is 221 cm³/mol. The van der Waals surface area contributed by atoms with Crippen molar-refractivity contribution in [2.24, 2.45) is 13.0 Å². The van der Waals surface area contributed by atoms with Crippen molar-refractivity contribution in [3.8, 4) is 11.8 Å². The number of nitriles is 1. The minimum Gasteiger partial charge on any atom is -0.489 e. The van der Waals surface area contributed by atoms with Gasteiger partial charge in [-0.05, 0) is 85.3 Å². The first-order valence-corrected chi connectivity index (χ1v) is 20.7. The summed E-state index contributed by atoms with van der Waals surface area (Å²) in [5.74, 6) is 0.167. The maximum absolute atomic E-state index is 13.1. The number of imide groups is 1. The maximum atomic E-state index is 13.1. The normalized spacial score (nSPS) is 22.5. The Bertz CT molecular complexity index is 2420. The standard InChI is InChI=1S/C45H48N8O6/c1-49-15-14-38(54)41-39(10-4-30(25-46)42(41)49)59-35-23-32(24-35)47-43(56)29-2-5-33(6-3-29)51-16-12-28(13-17-51)26-50-18-20-52(21-19-50)34-7-8-36-31(22-34)27-53(45(36)58)37-9-11-40(55)48-44(37)57/h2-8,10,14-15,22,28,32,35,37H,9,11-13,16-21,23-24,26-27H2,1H3,(H,47,56)(H,48,55,57)/t32?,35?,37-/m0/s1. The highest BCUT2D eigenvalue weighted by atomic mass is 16.5. The van der Waals surface area contributed by atoms with Gasteiger partial charge in [-0.25, -0.2) is 0 Å². The number of nitrogens with zero attached hydrogens (tertiary/aromatic N) is 6.